The summed E-state index contributed by atoms with van der Waals surface area (Å²) >= 11 is 0. The second-order valence-corrected chi connectivity index (χ2v) is 6.16. The van der Waals surface area contributed by atoms with E-state index < -0.39 is 23.7 Å². The first-order valence-corrected chi connectivity index (χ1v) is 8.80. The largest absolute Gasteiger partial charge is 0.497 e. The lowest BCUT2D eigenvalue weighted by atomic mass is 9.99. The Hall–Kier alpha value is -3.67. The van der Waals surface area contributed by atoms with Gasteiger partial charge in [-0.15, -0.1) is 0 Å². The van der Waals surface area contributed by atoms with Crippen molar-refractivity contribution in [1.82, 2.24) is 0 Å². The molecule has 0 aliphatic rings. The summed E-state index contributed by atoms with van der Waals surface area (Å²) in [6.45, 7) is 0. The van der Waals surface area contributed by atoms with Crippen LogP contribution in [0.4, 0.5) is 4.39 Å². The summed E-state index contributed by atoms with van der Waals surface area (Å²) < 4.78 is 28.9. The van der Waals surface area contributed by atoms with Crippen LogP contribution in [0.1, 0.15) is 32.4 Å². The van der Waals surface area contributed by atoms with Gasteiger partial charge in [-0.3, -0.25) is 4.79 Å². The maximum atomic E-state index is 13.1. The maximum Gasteiger partial charge on any atom is 0.339 e. The number of rotatable bonds is 7. The molecule has 29 heavy (non-hydrogen) atoms. The number of ketones is 1. The third kappa shape index (κ3) is 4.79. The minimum absolute atomic E-state index is 0.146. The smallest absolute Gasteiger partial charge is 0.339 e. The van der Waals surface area contributed by atoms with Gasteiger partial charge in [0.15, 0.2) is 6.10 Å². The number of benzene rings is 3. The number of hydrogen-bond acceptors (Lipinski definition) is 5. The van der Waals surface area contributed by atoms with Crippen LogP contribution in [0, 0.1) is 5.82 Å². The topological polar surface area (TPSA) is 61.8 Å². The van der Waals surface area contributed by atoms with Gasteiger partial charge in [0.05, 0.1) is 19.8 Å². The fourth-order valence-electron chi connectivity index (χ4n) is 2.72. The molecule has 1 atom stereocenters. The number of halogens is 1. The average molecular weight is 394 g/mol. The molecule has 0 saturated heterocycles. The molecule has 0 spiro atoms. The molecule has 0 fully saturated rings. The Morgan fingerprint density at radius 2 is 1.21 bits per heavy atom. The molecule has 0 saturated carbocycles. The first-order chi connectivity index (χ1) is 14.0. The van der Waals surface area contributed by atoms with Crippen LogP contribution in [0.15, 0.2) is 72.8 Å². The van der Waals surface area contributed by atoms with Crippen molar-refractivity contribution in [2.24, 2.45) is 0 Å². The summed E-state index contributed by atoms with van der Waals surface area (Å²) in [5.74, 6) is -0.386. The van der Waals surface area contributed by atoms with E-state index in [1.54, 1.807) is 48.5 Å². The van der Waals surface area contributed by atoms with Crippen LogP contribution in [0.3, 0.4) is 0 Å². The number of carbonyl (C=O) groups is 2. The second-order valence-electron chi connectivity index (χ2n) is 6.16. The van der Waals surface area contributed by atoms with E-state index in [9.17, 15) is 14.0 Å². The number of esters is 1. The fourth-order valence-corrected chi connectivity index (χ4v) is 2.72. The molecule has 0 aliphatic carbocycles. The molecule has 0 aliphatic heterocycles. The predicted octanol–water partition coefficient (Wildman–Crippen LogP) is 4.62. The first-order valence-electron chi connectivity index (χ1n) is 8.80. The molecule has 0 amide bonds. The third-order valence-corrected chi connectivity index (χ3v) is 4.34. The van der Waals surface area contributed by atoms with Crippen molar-refractivity contribution in [1.29, 1.82) is 0 Å². The Morgan fingerprint density at radius 3 is 1.72 bits per heavy atom. The van der Waals surface area contributed by atoms with E-state index in [2.05, 4.69) is 0 Å². The zero-order chi connectivity index (χ0) is 20.8. The highest BCUT2D eigenvalue weighted by molar-refractivity contribution is 6.02. The summed E-state index contributed by atoms with van der Waals surface area (Å²) in [6.07, 6.45) is -1.17. The van der Waals surface area contributed by atoms with Crippen LogP contribution in [0.5, 0.6) is 11.5 Å². The number of Topliss-reactive ketones (excluding diaryl/α,β-unsaturated/α-hetero) is 1. The van der Waals surface area contributed by atoms with E-state index in [1.807, 2.05) is 0 Å². The second kappa shape index (κ2) is 9.01. The zero-order valence-electron chi connectivity index (χ0n) is 15.9. The maximum absolute atomic E-state index is 13.1. The SMILES string of the molecule is COc1ccc(C(=O)C(OC(=O)c2ccc(F)cc2)c2ccc(OC)cc2)cc1. The van der Waals surface area contributed by atoms with Crippen molar-refractivity contribution < 1.29 is 28.2 Å². The number of methoxy groups -OCH3 is 2. The van der Waals surface area contributed by atoms with Crippen molar-refractivity contribution >= 4 is 11.8 Å². The quantitative estimate of drug-likeness (QED) is 0.432. The van der Waals surface area contributed by atoms with E-state index in [0.717, 1.165) is 12.1 Å². The number of carbonyl (C=O) groups excluding carboxylic acids is 2. The molecule has 3 aromatic rings. The van der Waals surface area contributed by atoms with Gasteiger partial charge in [-0.2, -0.15) is 0 Å². The molecule has 3 aromatic carbocycles. The monoisotopic (exact) mass is 394 g/mol. The van der Waals surface area contributed by atoms with E-state index in [-0.39, 0.29) is 5.56 Å². The summed E-state index contributed by atoms with van der Waals surface area (Å²) in [6, 6.07) is 18.1. The van der Waals surface area contributed by atoms with Gasteiger partial charge in [-0.25, -0.2) is 9.18 Å². The minimum atomic E-state index is -1.17. The van der Waals surface area contributed by atoms with Gasteiger partial charge in [0, 0.05) is 11.1 Å². The van der Waals surface area contributed by atoms with Crippen LogP contribution in [-0.2, 0) is 4.74 Å². The summed E-state index contributed by atoms with van der Waals surface area (Å²) in [7, 11) is 3.06. The molecular weight excluding hydrogens is 375 g/mol. The summed E-state index contributed by atoms with van der Waals surface area (Å²) in [4.78, 5) is 25.7. The molecule has 1 unspecified atom stereocenters. The zero-order valence-corrected chi connectivity index (χ0v) is 15.9. The van der Waals surface area contributed by atoms with E-state index in [1.165, 1.54) is 26.4 Å². The molecule has 3 rings (SSSR count). The summed E-state index contributed by atoms with van der Waals surface area (Å²) in [5.41, 5.74) is 0.994. The lowest BCUT2D eigenvalue weighted by Gasteiger charge is -2.18. The van der Waals surface area contributed by atoms with Gasteiger partial charge in [0.1, 0.15) is 17.3 Å². The van der Waals surface area contributed by atoms with Gasteiger partial charge in [-0.05, 0) is 60.7 Å². The Bertz CT molecular complexity index is 979. The molecule has 148 valence electrons. The Balaban J connectivity index is 1.92. The van der Waals surface area contributed by atoms with Crippen molar-refractivity contribution in [3.63, 3.8) is 0 Å². The average Bonchev–Trinajstić information content (AvgIpc) is 2.77. The Morgan fingerprint density at radius 1 is 0.724 bits per heavy atom. The van der Waals surface area contributed by atoms with Gasteiger partial charge >= 0.3 is 5.97 Å². The summed E-state index contributed by atoms with van der Waals surface area (Å²) in [5, 5.41) is 0. The number of ether oxygens (including phenoxy) is 3. The lowest BCUT2D eigenvalue weighted by Crippen LogP contribution is -2.20. The standard InChI is InChI=1S/C23H19FO5/c1-27-19-11-5-15(6-12-19)21(25)22(16-7-13-20(28-2)14-8-16)29-23(26)17-3-9-18(24)10-4-17/h3-14,22H,1-2H3. The highest BCUT2D eigenvalue weighted by Crippen LogP contribution is 2.27. The molecule has 0 heterocycles. The van der Waals surface area contributed by atoms with Crippen LogP contribution in [-0.4, -0.2) is 26.0 Å². The molecular formula is C23H19FO5. The van der Waals surface area contributed by atoms with E-state index in [4.69, 9.17) is 14.2 Å². The highest BCUT2D eigenvalue weighted by Gasteiger charge is 2.27. The van der Waals surface area contributed by atoms with Gasteiger partial charge in [-0.1, -0.05) is 12.1 Å². The number of hydrogen-bond donors (Lipinski definition) is 0. The third-order valence-electron chi connectivity index (χ3n) is 4.34. The minimum Gasteiger partial charge on any atom is -0.497 e. The van der Waals surface area contributed by atoms with Gasteiger partial charge in [0.2, 0.25) is 5.78 Å². The van der Waals surface area contributed by atoms with Crippen molar-refractivity contribution in [2.75, 3.05) is 14.2 Å². The molecule has 0 N–H and O–H groups in total. The van der Waals surface area contributed by atoms with Crippen molar-refractivity contribution in [3.8, 4) is 11.5 Å². The lowest BCUT2D eigenvalue weighted by molar-refractivity contribution is 0.0280. The van der Waals surface area contributed by atoms with Crippen molar-refractivity contribution in [3.05, 3.63) is 95.3 Å². The molecule has 6 heteroatoms. The highest BCUT2D eigenvalue weighted by atomic mass is 19.1. The molecule has 0 radical (unpaired) electrons. The Kier molecular flexibility index (Phi) is 6.24. The first kappa shape index (κ1) is 20.1. The molecule has 0 bridgehead atoms. The van der Waals surface area contributed by atoms with Crippen LogP contribution >= 0.6 is 0 Å². The van der Waals surface area contributed by atoms with Crippen molar-refractivity contribution in [2.45, 2.75) is 6.10 Å². The fraction of sp³-hybridized carbons (Fsp3) is 0.130. The molecule has 0 aromatic heterocycles. The van der Waals surface area contributed by atoms with Crippen LogP contribution in [0.2, 0.25) is 0 Å². The molecule has 5 nitrogen and oxygen atoms in total. The Labute approximate surface area is 167 Å². The van der Waals surface area contributed by atoms with Gasteiger partial charge < -0.3 is 14.2 Å². The van der Waals surface area contributed by atoms with E-state index >= 15 is 0 Å². The van der Waals surface area contributed by atoms with Crippen LogP contribution < -0.4 is 9.47 Å². The predicted molar refractivity (Wildman–Crippen MR) is 105 cm³/mol. The van der Waals surface area contributed by atoms with Gasteiger partial charge in [0.25, 0.3) is 0 Å². The van der Waals surface area contributed by atoms with Crippen LogP contribution in [0.25, 0.3) is 0 Å². The van der Waals surface area contributed by atoms with E-state index in [0.29, 0.717) is 22.6 Å². The normalized spacial score (nSPS) is 11.4.